The summed E-state index contributed by atoms with van der Waals surface area (Å²) in [6.07, 6.45) is 1.71. The van der Waals surface area contributed by atoms with Crippen LogP contribution < -0.4 is 11.3 Å². The zero-order chi connectivity index (χ0) is 14.8. The second-order valence-corrected chi connectivity index (χ2v) is 4.76. The van der Waals surface area contributed by atoms with E-state index in [0.29, 0.717) is 5.56 Å². The smallest absolute Gasteiger partial charge is 0.126 e. The Bertz CT molecular complexity index is 769. The monoisotopic (exact) mass is 285 g/mol. The number of fused-ring (bicyclic) bond motifs is 1. The van der Waals surface area contributed by atoms with Crippen molar-refractivity contribution in [2.75, 3.05) is 0 Å². The van der Waals surface area contributed by atoms with Crippen molar-refractivity contribution in [2.24, 2.45) is 5.84 Å². The summed E-state index contributed by atoms with van der Waals surface area (Å²) >= 11 is 0. The number of nitrogens with one attached hydrogen (secondary N) is 1. The van der Waals surface area contributed by atoms with Crippen LogP contribution in [0.5, 0.6) is 0 Å². The molecule has 0 saturated heterocycles. The first-order chi connectivity index (χ1) is 10.2. The first kappa shape index (κ1) is 13.6. The van der Waals surface area contributed by atoms with Crippen LogP contribution in [0.1, 0.15) is 17.2 Å². The van der Waals surface area contributed by atoms with Crippen molar-refractivity contribution in [3.05, 3.63) is 77.5 Å². The fourth-order valence-electron chi connectivity index (χ4n) is 2.40. The van der Waals surface area contributed by atoms with Crippen molar-refractivity contribution >= 4 is 10.9 Å². The average Bonchev–Trinajstić information content (AvgIpc) is 2.47. The van der Waals surface area contributed by atoms with E-state index in [4.69, 9.17) is 5.84 Å². The van der Waals surface area contributed by atoms with Gasteiger partial charge in [-0.25, -0.2) is 14.2 Å². The molecule has 3 N–H and O–H groups in total. The summed E-state index contributed by atoms with van der Waals surface area (Å²) in [6.45, 7) is 0. The zero-order valence-corrected chi connectivity index (χ0v) is 11.1. The van der Waals surface area contributed by atoms with Crippen LogP contribution in [0.2, 0.25) is 0 Å². The maximum absolute atomic E-state index is 13.4. The van der Waals surface area contributed by atoms with Crippen LogP contribution in [0.25, 0.3) is 10.9 Å². The predicted molar refractivity (Wildman–Crippen MR) is 77.3 cm³/mol. The van der Waals surface area contributed by atoms with Crippen molar-refractivity contribution < 1.29 is 8.78 Å². The Morgan fingerprint density at radius 3 is 2.43 bits per heavy atom. The number of hydrogen-bond donors (Lipinski definition) is 2. The van der Waals surface area contributed by atoms with Gasteiger partial charge < -0.3 is 0 Å². The third kappa shape index (κ3) is 2.74. The molecule has 0 saturated carbocycles. The molecule has 0 radical (unpaired) electrons. The van der Waals surface area contributed by atoms with Gasteiger partial charge >= 0.3 is 0 Å². The third-order valence-corrected chi connectivity index (χ3v) is 3.35. The molecule has 0 aliphatic heterocycles. The molecule has 106 valence electrons. The zero-order valence-electron chi connectivity index (χ0n) is 11.1. The maximum atomic E-state index is 13.4. The van der Waals surface area contributed by atoms with Gasteiger partial charge in [0.25, 0.3) is 0 Å². The van der Waals surface area contributed by atoms with Crippen LogP contribution >= 0.6 is 0 Å². The SMILES string of the molecule is NNC(c1cc(F)cc(F)c1)c1ccc2ncccc2c1. The Labute approximate surface area is 120 Å². The van der Waals surface area contributed by atoms with Crippen LogP contribution in [0.15, 0.2) is 54.7 Å². The first-order valence-corrected chi connectivity index (χ1v) is 6.44. The van der Waals surface area contributed by atoms with E-state index in [2.05, 4.69) is 10.4 Å². The highest BCUT2D eigenvalue weighted by molar-refractivity contribution is 5.79. The van der Waals surface area contributed by atoms with E-state index in [1.54, 1.807) is 6.20 Å². The number of pyridine rings is 1. The minimum absolute atomic E-state index is 0.429. The molecule has 5 heteroatoms. The van der Waals surface area contributed by atoms with E-state index < -0.39 is 17.7 Å². The highest BCUT2D eigenvalue weighted by Crippen LogP contribution is 2.25. The molecule has 3 nitrogen and oxygen atoms in total. The highest BCUT2D eigenvalue weighted by Gasteiger charge is 2.15. The first-order valence-electron chi connectivity index (χ1n) is 6.44. The fraction of sp³-hybridized carbons (Fsp3) is 0.0625. The van der Waals surface area contributed by atoms with E-state index in [-0.39, 0.29) is 0 Å². The molecule has 0 bridgehead atoms. The van der Waals surface area contributed by atoms with Gasteiger partial charge in [0.1, 0.15) is 11.6 Å². The van der Waals surface area contributed by atoms with Crippen molar-refractivity contribution in [3.63, 3.8) is 0 Å². The summed E-state index contributed by atoms with van der Waals surface area (Å²) in [4.78, 5) is 4.24. The molecule has 1 heterocycles. The second-order valence-electron chi connectivity index (χ2n) is 4.76. The largest absolute Gasteiger partial charge is 0.271 e. The number of nitrogens with zero attached hydrogens (tertiary/aromatic N) is 1. The molecule has 3 rings (SSSR count). The van der Waals surface area contributed by atoms with E-state index in [0.717, 1.165) is 22.5 Å². The van der Waals surface area contributed by atoms with Crippen molar-refractivity contribution in [3.8, 4) is 0 Å². The molecule has 0 spiro atoms. The Morgan fingerprint density at radius 1 is 0.952 bits per heavy atom. The van der Waals surface area contributed by atoms with Gasteiger partial charge in [-0.2, -0.15) is 0 Å². The van der Waals surface area contributed by atoms with Crippen LogP contribution in [0.3, 0.4) is 0 Å². The lowest BCUT2D eigenvalue weighted by Gasteiger charge is -2.17. The summed E-state index contributed by atoms with van der Waals surface area (Å²) in [5, 5.41) is 0.937. The number of rotatable bonds is 3. The van der Waals surface area contributed by atoms with E-state index in [9.17, 15) is 8.78 Å². The number of halogens is 2. The molecule has 1 unspecified atom stereocenters. The molecule has 0 fully saturated rings. The molecule has 3 aromatic rings. The van der Waals surface area contributed by atoms with Crippen LogP contribution in [0.4, 0.5) is 8.78 Å². The number of aromatic nitrogens is 1. The average molecular weight is 285 g/mol. The standard InChI is InChI=1S/C16H13F2N3/c17-13-7-12(8-14(18)9-13)16(21-19)11-3-4-15-10(6-11)2-1-5-20-15/h1-9,16,21H,19H2. The third-order valence-electron chi connectivity index (χ3n) is 3.35. The molecule has 0 amide bonds. The predicted octanol–water partition coefficient (Wildman–Crippen LogP) is 3.07. The Balaban J connectivity index is 2.08. The topological polar surface area (TPSA) is 50.9 Å². The molecule has 0 aliphatic rings. The molecule has 0 aliphatic carbocycles. The fourth-order valence-corrected chi connectivity index (χ4v) is 2.40. The summed E-state index contributed by atoms with van der Waals surface area (Å²) in [7, 11) is 0. The Kier molecular flexibility index (Phi) is 3.60. The Hall–Kier alpha value is -2.37. The molecular weight excluding hydrogens is 272 g/mol. The molecule has 21 heavy (non-hydrogen) atoms. The lowest BCUT2D eigenvalue weighted by atomic mass is 9.97. The summed E-state index contributed by atoms with van der Waals surface area (Å²) < 4.78 is 26.7. The number of hydrogen-bond acceptors (Lipinski definition) is 3. The highest BCUT2D eigenvalue weighted by atomic mass is 19.1. The normalized spacial score (nSPS) is 12.5. The molecule has 1 atom stereocenters. The van der Waals surface area contributed by atoms with Gasteiger partial charge in [-0.15, -0.1) is 0 Å². The van der Waals surface area contributed by atoms with E-state index >= 15 is 0 Å². The maximum Gasteiger partial charge on any atom is 0.126 e. The van der Waals surface area contributed by atoms with Crippen LogP contribution in [-0.4, -0.2) is 4.98 Å². The van der Waals surface area contributed by atoms with Crippen molar-refractivity contribution in [1.29, 1.82) is 0 Å². The minimum Gasteiger partial charge on any atom is -0.271 e. The van der Waals surface area contributed by atoms with E-state index in [1.165, 1.54) is 12.1 Å². The lowest BCUT2D eigenvalue weighted by molar-refractivity contribution is 0.566. The van der Waals surface area contributed by atoms with Gasteiger partial charge in [0.2, 0.25) is 0 Å². The van der Waals surface area contributed by atoms with Gasteiger partial charge in [-0.3, -0.25) is 10.8 Å². The van der Waals surface area contributed by atoms with Crippen LogP contribution in [0, 0.1) is 11.6 Å². The quantitative estimate of drug-likeness (QED) is 0.574. The number of hydrazine groups is 1. The molecule has 1 aromatic heterocycles. The van der Waals surface area contributed by atoms with E-state index in [1.807, 2.05) is 30.3 Å². The van der Waals surface area contributed by atoms with Gasteiger partial charge in [-0.05, 0) is 41.5 Å². The van der Waals surface area contributed by atoms with Gasteiger partial charge in [-0.1, -0.05) is 12.1 Å². The second kappa shape index (κ2) is 5.55. The number of nitrogens with two attached hydrogens (primary N) is 1. The van der Waals surface area contributed by atoms with Gasteiger partial charge in [0, 0.05) is 17.6 Å². The summed E-state index contributed by atoms with van der Waals surface area (Å²) in [5.41, 5.74) is 4.69. The Morgan fingerprint density at radius 2 is 1.71 bits per heavy atom. The number of benzene rings is 2. The van der Waals surface area contributed by atoms with Gasteiger partial charge in [0.15, 0.2) is 0 Å². The molecular formula is C16H13F2N3. The van der Waals surface area contributed by atoms with Crippen molar-refractivity contribution in [2.45, 2.75) is 6.04 Å². The lowest BCUT2D eigenvalue weighted by Crippen LogP contribution is -2.29. The van der Waals surface area contributed by atoms with Crippen molar-refractivity contribution in [1.82, 2.24) is 10.4 Å². The van der Waals surface area contributed by atoms with Crippen LogP contribution in [-0.2, 0) is 0 Å². The summed E-state index contributed by atoms with van der Waals surface area (Å²) in [5.74, 6) is 4.31. The summed E-state index contributed by atoms with van der Waals surface area (Å²) in [6, 6.07) is 12.2. The minimum atomic E-state index is -0.632. The molecule has 2 aromatic carbocycles. The van der Waals surface area contributed by atoms with Gasteiger partial charge in [0.05, 0.1) is 11.6 Å².